The molecular weight excluding hydrogens is 508 g/mol. The van der Waals surface area contributed by atoms with Crippen molar-refractivity contribution >= 4 is 28.4 Å². The molecule has 2 N–H and O–H groups in total. The van der Waals surface area contributed by atoms with E-state index in [2.05, 4.69) is 15.6 Å². The number of para-hydroxylation sites is 2. The zero-order valence-electron chi connectivity index (χ0n) is 21.7. The number of carbonyl (C=O) groups excluding carboxylic acids is 1. The number of Topliss-reactive ketones (excluding diaryl/α,β-unsaturated/α-hetero) is 1. The van der Waals surface area contributed by atoms with E-state index < -0.39 is 11.7 Å². The van der Waals surface area contributed by atoms with Gasteiger partial charge in [0.1, 0.15) is 22.6 Å². The number of carbonyl (C=O) groups is 1. The van der Waals surface area contributed by atoms with Crippen LogP contribution in [0.2, 0.25) is 0 Å². The van der Waals surface area contributed by atoms with E-state index in [0.29, 0.717) is 59.3 Å². The van der Waals surface area contributed by atoms with Crippen LogP contribution < -0.4 is 21.0 Å². The fourth-order valence-corrected chi connectivity index (χ4v) is 4.80. The number of aromatic nitrogens is 2. The number of rotatable bonds is 7. The number of ketones is 1. The molecule has 0 bridgehead atoms. The molecule has 40 heavy (non-hydrogen) atoms. The summed E-state index contributed by atoms with van der Waals surface area (Å²) in [7, 11) is 0. The number of nitrogens with one attached hydrogen (secondary N) is 2. The minimum atomic E-state index is -0.686. The summed E-state index contributed by atoms with van der Waals surface area (Å²) in [6.45, 7) is 3.05. The Hall–Kier alpha value is -4.86. The van der Waals surface area contributed by atoms with Crippen molar-refractivity contribution in [2.45, 2.75) is 13.0 Å². The van der Waals surface area contributed by atoms with E-state index in [1.807, 2.05) is 72.8 Å². The molecule has 1 unspecified atom stereocenters. The highest BCUT2D eigenvalue weighted by atomic mass is 16.5. The molecular formula is C31H26N4O5. The lowest BCUT2D eigenvalue weighted by Gasteiger charge is -2.26. The monoisotopic (exact) mass is 534 g/mol. The average molecular weight is 535 g/mol. The van der Waals surface area contributed by atoms with E-state index in [-0.39, 0.29) is 11.3 Å². The zero-order valence-corrected chi connectivity index (χ0v) is 21.7. The van der Waals surface area contributed by atoms with E-state index in [0.717, 1.165) is 11.3 Å². The van der Waals surface area contributed by atoms with Crippen molar-refractivity contribution in [1.29, 1.82) is 0 Å². The van der Waals surface area contributed by atoms with Crippen LogP contribution in [0.5, 0.6) is 11.5 Å². The summed E-state index contributed by atoms with van der Waals surface area (Å²) in [5.74, 6) is 1.39. The van der Waals surface area contributed by atoms with Crippen molar-refractivity contribution in [3.63, 3.8) is 0 Å². The van der Waals surface area contributed by atoms with E-state index in [1.165, 1.54) is 6.92 Å². The van der Waals surface area contributed by atoms with E-state index in [1.54, 1.807) is 12.3 Å². The quantitative estimate of drug-likeness (QED) is 0.202. The van der Waals surface area contributed by atoms with Gasteiger partial charge in [0.15, 0.2) is 5.78 Å². The molecule has 1 aliphatic heterocycles. The Balaban J connectivity index is 1.33. The molecule has 0 spiro atoms. The van der Waals surface area contributed by atoms with Crippen LogP contribution in [0.25, 0.3) is 22.2 Å². The second-order valence-corrected chi connectivity index (χ2v) is 9.31. The van der Waals surface area contributed by atoms with Gasteiger partial charge in [-0.1, -0.05) is 30.3 Å². The first kappa shape index (κ1) is 25.4. The molecule has 3 aromatic carbocycles. The van der Waals surface area contributed by atoms with Gasteiger partial charge in [-0.15, -0.1) is 0 Å². The standard InChI is InChI=1S/C31H26N4O5/c1-19(36)28-29(27-18-32-15-16-38-27)23-12-11-20(17-26(23)40-30(28)37)34-31-33-14-13-24(35-31)22-9-5-6-10-25(22)39-21-7-3-2-4-8-21/h2-14,17,27,32H,15-16,18H2,1H3,(H,33,34,35). The van der Waals surface area contributed by atoms with Gasteiger partial charge >= 0.3 is 5.63 Å². The number of morpholine rings is 1. The van der Waals surface area contributed by atoms with Crippen molar-refractivity contribution in [1.82, 2.24) is 15.3 Å². The minimum absolute atomic E-state index is 0.0225. The fourth-order valence-electron chi connectivity index (χ4n) is 4.80. The van der Waals surface area contributed by atoms with Crippen molar-refractivity contribution in [2.24, 2.45) is 0 Å². The van der Waals surface area contributed by atoms with E-state index >= 15 is 0 Å². The van der Waals surface area contributed by atoms with Gasteiger partial charge in [0.2, 0.25) is 5.95 Å². The third kappa shape index (κ3) is 5.20. The summed E-state index contributed by atoms with van der Waals surface area (Å²) < 4.78 is 17.6. The van der Waals surface area contributed by atoms with Crippen LogP contribution in [0.3, 0.4) is 0 Å². The predicted molar refractivity (Wildman–Crippen MR) is 151 cm³/mol. The molecule has 200 valence electrons. The largest absolute Gasteiger partial charge is 0.457 e. The first-order valence-corrected chi connectivity index (χ1v) is 12.9. The minimum Gasteiger partial charge on any atom is -0.457 e. The Kier molecular flexibility index (Phi) is 7.05. The molecule has 9 nitrogen and oxygen atoms in total. The van der Waals surface area contributed by atoms with Gasteiger partial charge in [-0.25, -0.2) is 14.8 Å². The third-order valence-corrected chi connectivity index (χ3v) is 6.60. The second-order valence-electron chi connectivity index (χ2n) is 9.31. The number of hydrogen-bond acceptors (Lipinski definition) is 9. The van der Waals surface area contributed by atoms with Crippen LogP contribution in [0.15, 0.2) is 94.3 Å². The Morgan fingerprint density at radius 2 is 1.88 bits per heavy atom. The Labute approximate surface area is 229 Å². The second kappa shape index (κ2) is 11.1. The van der Waals surface area contributed by atoms with Crippen molar-refractivity contribution < 1.29 is 18.7 Å². The number of benzene rings is 3. The smallest absolute Gasteiger partial charge is 0.347 e. The highest BCUT2D eigenvalue weighted by molar-refractivity contribution is 6.00. The van der Waals surface area contributed by atoms with Gasteiger partial charge in [-0.3, -0.25) is 4.79 Å². The van der Waals surface area contributed by atoms with Crippen molar-refractivity contribution in [2.75, 3.05) is 25.0 Å². The predicted octanol–water partition coefficient (Wildman–Crippen LogP) is 5.65. The molecule has 5 aromatic rings. The summed E-state index contributed by atoms with van der Waals surface area (Å²) in [5.41, 5.74) is 2.32. The van der Waals surface area contributed by atoms with Crippen LogP contribution in [-0.4, -0.2) is 35.4 Å². The number of nitrogens with zero attached hydrogens (tertiary/aromatic N) is 2. The fraction of sp³-hybridized carbons (Fsp3) is 0.161. The maximum atomic E-state index is 12.9. The van der Waals surface area contributed by atoms with Crippen molar-refractivity contribution in [3.8, 4) is 22.8 Å². The Morgan fingerprint density at radius 3 is 2.67 bits per heavy atom. The Morgan fingerprint density at radius 1 is 1.05 bits per heavy atom. The number of fused-ring (bicyclic) bond motifs is 1. The van der Waals surface area contributed by atoms with Gasteiger partial charge in [0, 0.05) is 47.6 Å². The Bertz CT molecular complexity index is 1750. The normalized spacial score (nSPS) is 15.1. The summed E-state index contributed by atoms with van der Waals surface area (Å²) in [5, 5.41) is 7.10. The van der Waals surface area contributed by atoms with E-state index in [9.17, 15) is 9.59 Å². The molecule has 6 rings (SSSR count). The van der Waals surface area contributed by atoms with Crippen molar-refractivity contribution in [3.05, 3.63) is 107 Å². The topological polar surface area (TPSA) is 116 Å². The van der Waals surface area contributed by atoms with Gasteiger partial charge in [0.05, 0.1) is 18.4 Å². The lowest BCUT2D eigenvalue weighted by molar-refractivity contribution is 0.0277. The molecule has 1 saturated heterocycles. The molecule has 0 aliphatic carbocycles. The van der Waals surface area contributed by atoms with Gasteiger partial charge in [-0.2, -0.15) is 0 Å². The number of hydrogen-bond donors (Lipinski definition) is 2. The van der Waals surface area contributed by atoms with Crippen LogP contribution in [0, 0.1) is 0 Å². The number of anilines is 2. The van der Waals surface area contributed by atoms with Crippen LogP contribution in [0.1, 0.15) is 28.9 Å². The molecule has 2 aromatic heterocycles. The van der Waals surface area contributed by atoms with Gasteiger partial charge in [-0.05, 0) is 49.4 Å². The first-order chi connectivity index (χ1) is 19.6. The van der Waals surface area contributed by atoms with Crippen LogP contribution in [0.4, 0.5) is 11.6 Å². The van der Waals surface area contributed by atoms with Crippen LogP contribution in [-0.2, 0) is 4.74 Å². The highest BCUT2D eigenvalue weighted by Crippen LogP contribution is 2.34. The third-order valence-electron chi connectivity index (χ3n) is 6.60. The van der Waals surface area contributed by atoms with Gasteiger partial charge in [0.25, 0.3) is 0 Å². The van der Waals surface area contributed by atoms with Gasteiger partial charge < -0.3 is 24.5 Å². The highest BCUT2D eigenvalue weighted by Gasteiger charge is 2.27. The summed E-state index contributed by atoms with van der Waals surface area (Å²) in [6, 6.07) is 24.4. The molecule has 0 radical (unpaired) electrons. The summed E-state index contributed by atoms with van der Waals surface area (Å²) in [6.07, 6.45) is 1.23. The first-order valence-electron chi connectivity index (χ1n) is 12.9. The summed E-state index contributed by atoms with van der Waals surface area (Å²) in [4.78, 5) is 34.3. The molecule has 3 heterocycles. The van der Waals surface area contributed by atoms with E-state index in [4.69, 9.17) is 18.9 Å². The molecule has 9 heteroatoms. The maximum absolute atomic E-state index is 12.9. The lowest BCUT2D eigenvalue weighted by atomic mass is 9.96. The average Bonchev–Trinajstić information content (AvgIpc) is 2.97. The van der Waals surface area contributed by atoms with Crippen LogP contribution >= 0.6 is 0 Å². The lowest BCUT2D eigenvalue weighted by Crippen LogP contribution is -2.35. The molecule has 1 fully saturated rings. The molecule has 0 amide bonds. The molecule has 0 saturated carbocycles. The number of ether oxygens (including phenoxy) is 2. The maximum Gasteiger partial charge on any atom is 0.347 e. The zero-order chi connectivity index (χ0) is 27.5. The summed E-state index contributed by atoms with van der Waals surface area (Å²) >= 11 is 0. The molecule has 1 atom stereocenters. The molecule has 1 aliphatic rings. The SMILES string of the molecule is CC(=O)c1c(C2CNCCO2)c2ccc(Nc3nccc(-c4ccccc4Oc4ccccc4)n3)cc2oc1=O.